The molecule has 2 heterocycles. The summed E-state index contributed by atoms with van der Waals surface area (Å²) in [5.41, 5.74) is 2.35. The van der Waals surface area contributed by atoms with Gasteiger partial charge in [0.05, 0.1) is 12.2 Å². The molecule has 0 bridgehead atoms. The molecule has 2 saturated heterocycles. The third-order valence-corrected chi connectivity index (χ3v) is 9.36. The van der Waals surface area contributed by atoms with Gasteiger partial charge in [0.25, 0.3) is 0 Å². The van der Waals surface area contributed by atoms with Crippen LogP contribution in [0.2, 0.25) is 0 Å². The fourth-order valence-electron chi connectivity index (χ4n) is 6.94. The Kier molecular flexibility index (Phi) is 9.35. The van der Waals surface area contributed by atoms with Crippen LogP contribution in [0.5, 0.6) is 5.75 Å². The van der Waals surface area contributed by atoms with Gasteiger partial charge in [0.1, 0.15) is 5.75 Å². The molecule has 3 aliphatic rings. The molecular weight excluding hydrogens is 420 g/mol. The Balaban J connectivity index is 1.30. The van der Waals surface area contributed by atoms with E-state index in [1.165, 1.54) is 88.7 Å². The smallest absolute Gasteiger partial charge is 0.123 e. The van der Waals surface area contributed by atoms with E-state index >= 15 is 0 Å². The number of hydrogen-bond donors (Lipinski definition) is 1. The van der Waals surface area contributed by atoms with Crippen LogP contribution in [0.4, 0.5) is 0 Å². The first-order valence-electron chi connectivity index (χ1n) is 14.3. The number of aryl methyl sites for hydroxylation is 1. The number of rotatable bonds is 7. The molecule has 4 nitrogen and oxygen atoms in total. The van der Waals surface area contributed by atoms with E-state index in [2.05, 4.69) is 49.0 Å². The van der Waals surface area contributed by atoms with Gasteiger partial charge in [-0.15, -0.1) is 0 Å². The third-order valence-electron chi connectivity index (χ3n) is 9.36. The molecule has 192 valence electrons. The van der Waals surface area contributed by atoms with Crippen LogP contribution < -0.4 is 4.74 Å². The van der Waals surface area contributed by atoms with Gasteiger partial charge in [0.15, 0.2) is 0 Å². The van der Waals surface area contributed by atoms with E-state index in [1.54, 1.807) is 0 Å². The number of benzene rings is 1. The Labute approximate surface area is 209 Å². The van der Waals surface area contributed by atoms with E-state index in [1.807, 2.05) is 0 Å². The normalized spacial score (nSPS) is 30.6. The SMILES string of the molecule is CCc1cccc(OCCC2(O)CCC(C3CCCCN(C)CC3)CC2)c1C1CCN(C)CC1. The van der Waals surface area contributed by atoms with Crippen LogP contribution >= 0.6 is 0 Å². The zero-order valence-corrected chi connectivity index (χ0v) is 22.2. The molecule has 4 heteroatoms. The molecule has 1 aromatic rings. The van der Waals surface area contributed by atoms with E-state index in [9.17, 15) is 5.11 Å². The van der Waals surface area contributed by atoms with Gasteiger partial charge < -0.3 is 19.6 Å². The van der Waals surface area contributed by atoms with Crippen LogP contribution in [0.15, 0.2) is 18.2 Å². The predicted octanol–water partition coefficient (Wildman–Crippen LogP) is 5.87. The summed E-state index contributed by atoms with van der Waals surface area (Å²) in [6.07, 6.45) is 14.0. The van der Waals surface area contributed by atoms with Crippen LogP contribution in [0.1, 0.15) is 94.6 Å². The first-order chi connectivity index (χ1) is 16.5. The topological polar surface area (TPSA) is 35.9 Å². The fourth-order valence-corrected chi connectivity index (χ4v) is 6.94. The predicted molar refractivity (Wildman–Crippen MR) is 142 cm³/mol. The van der Waals surface area contributed by atoms with Crippen molar-refractivity contribution in [2.75, 3.05) is 46.9 Å². The second-order valence-electron chi connectivity index (χ2n) is 11.8. The summed E-state index contributed by atoms with van der Waals surface area (Å²) in [4.78, 5) is 4.95. The standard InChI is InChI=1S/C30H50N2O2/c1-4-24-9-7-10-28(29(24)27-14-21-32(3)22-15-27)34-23-18-30(33)16-11-26(12-17-30)25-8-5-6-19-31(2)20-13-25/h7,9-10,25-27,33H,4-6,8,11-23H2,1-3H3. The highest BCUT2D eigenvalue weighted by Gasteiger charge is 2.36. The molecule has 1 aromatic carbocycles. The average Bonchev–Trinajstić information content (AvgIpc) is 2.83. The monoisotopic (exact) mass is 470 g/mol. The van der Waals surface area contributed by atoms with Crippen molar-refractivity contribution in [2.45, 2.75) is 95.5 Å². The lowest BCUT2D eigenvalue weighted by molar-refractivity contribution is -0.0342. The molecule has 0 aromatic heterocycles. The van der Waals surface area contributed by atoms with Gasteiger partial charge in [-0.25, -0.2) is 0 Å². The summed E-state index contributed by atoms with van der Waals surface area (Å²) in [7, 11) is 4.50. The molecule has 1 unspecified atom stereocenters. The molecule has 0 amide bonds. The largest absolute Gasteiger partial charge is 0.493 e. The maximum atomic E-state index is 11.4. The van der Waals surface area contributed by atoms with Crippen LogP contribution in [-0.4, -0.2) is 67.4 Å². The van der Waals surface area contributed by atoms with Gasteiger partial charge in [-0.2, -0.15) is 0 Å². The molecule has 4 rings (SSSR count). The molecule has 2 aliphatic heterocycles. The second kappa shape index (κ2) is 12.2. The molecule has 1 aliphatic carbocycles. The van der Waals surface area contributed by atoms with Crippen LogP contribution in [0.25, 0.3) is 0 Å². The summed E-state index contributed by atoms with van der Waals surface area (Å²) in [5, 5.41) is 11.4. The highest BCUT2D eigenvalue weighted by atomic mass is 16.5. The van der Waals surface area contributed by atoms with Crippen LogP contribution in [0.3, 0.4) is 0 Å². The molecule has 0 radical (unpaired) electrons. The Morgan fingerprint density at radius 2 is 1.56 bits per heavy atom. The van der Waals surface area contributed by atoms with Gasteiger partial charge in [-0.3, -0.25) is 0 Å². The van der Waals surface area contributed by atoms with E-state index in [0.29, 0.717) is 12.5 Å². The van der Waals surface area contributed by atoms with E-state index in [0.717, 1.165) is 43.3 Å². The Hall–Kier alpha value is -1.10. The lowest BCUT2D eigenvalue weighted by atomic mass is 9.70. The lowest BCUT2D eigenvalue weighted by Gasteiger charge is -2.40. The summed E-state index contributed by atoms with van der Waals surface area (Å²) in [6, 6.07) is 6.60. The summed E-state index contributed by atoms with van der Waals surface area (Å²) in [6.45, 7) is 7.73. The Morgan fingerprint density at radius 1 is 0.882 bits per heavy atom. The zero-order chi connectivity index (χ0) is 24.0. The molecule has 3 fully saturated rings. The number of nitrogens with zero attached hydrogens (tertiary/aromatic N) is 2. The van der Waals surface area contributed by atoms with Crippen LogP contribution in [-0.2, 0) is 6.42 Å². The molecular formula is C30H50N2O2. The maximum Gasteiger partial charge on any atom is 0.123 e. The van der Waals surface area contributed by atoms with Crippen molar-refractivity contribution in [3.05, 3.63) is 29.3 Å². The minimum Gasteiger partial charge on any atom is -0.493 e. The Bertz CT molecular complexity index is 750. The van der Waals surface area contributed by atoms with Crippen molar-refractivity contribution in [3.8, 4) is 5.75 Å². The molecule has 1 saturated carbocycles. The number of likely N-dealkylation sites (tertiary alicyclic amines) is 2. The quantitative estimate of drug-likeness (QED) is 0.541. The molecule has 1 atom stereocenters. The van der Waals surface area contributed by atoms with Gasteiger partial charge >= 0.3 is 0 Å². The Morgan fingerprint density at radius 3 is 2.29 bits per heavy atom. The molecule has 34 heavy (non-hydrogen) atoms. The molecule has 0 spiro atoms. The van der Waals surface area contributed by atoms with Crippen molar-refractivity contribution >= 4 is 0 Å². The van der Waals surface area contributed by atoms with Gasteiger partial charge in [-0.05, 0) is 127 Å². The van der Waals surface area contributed by atoms with E-state index in [-0.39, 0.29) is 0 Å². The van der Waals surface area contributed by atoms with Gasteiger partial charge in [0, 0.05) is 12.0 Å². The van der Waals surface area contributed by atoms with Crippen molar-refractivity contribution in [3.63, 3.8) is 0 Å². The van der Waals surface area contributed by atoms with E-state index in [4.69, 9.17) is 4.74 Å². The number of aliphatic hydroxyl groups is 1. The average molecular weight is 471 g/mol. The second-order valence-corrected chi connectivity index (χ2v) is 11.8. The fraction of sp³-hybridized carbons (Fsp3) is 0.800. The van der Waals surface area contributed by atoms with Crippen molar-refractivity contribution in [2.24, 2.45) is 11.8 Å². The van der Waals surface area contributed by atoms with Crippen molar-refractivity contribution < 1.29 is 9.84 Å². The van der Waals surface area contributed by atoms with Crippen molar-refractivity contribution in [1.29, 1.82) is 0 Å². The highest BCUT2D eigenvalue weighted by Crippen LogP contribution is 2.41. The lowest BCUT2D eigenvalue weighted by Crippen LogP contribution is -2.38. The minimum absolute atomic E-state index is 0.537. The first-order valence-corrected chi connectivity index (χ1v) is 14.3. The van der Waals surface area contributed by atoms with E-state index < -0.39 is 5.60 Å². The first kappa shape index (κ1) is 26.0. The number of hydrogen-bond acceptors (Lipinski definition) is 4. The van der Waals surface area contributed by atoms with Gasteiger partial charge in [-0.1, -0.05) is 31.9 Å². The van der Waals surface area contributed by atoms with Crippen molar-refractivity contribution in [1.82, 2.24) is 9.80 Å². The minimum atomic E-state index is -0.537. The van der Waals surface area contributed by atoms with Crippen LogP contribution in [0, 0.1) is 11.8 Å². The number of piperidine rings is 1. The summed E-state index contributed by atoms with van der Waals surface area (Å²) >= 11 is 0. The molecule has 1 N–H and O–H groups in total. The summed E-state index contributed by atoms with van der Waals surface area (Å²) in [5.74, 6) is 3.34. The highest BCUT2D eigenvalue weighted by molar-refractivity contribution is 5.43. The zero-order valence-electron chi connectivity index (χ0n) is 22.2. The third kappa shape index (κ3) is 6.77. The number of ether oxygens (including phenoxy) is 1. The van der Waals surface area contributed by atoms with Gasteiger partial charge in [0.2, 0.25) is 0 Å². The maximum absolute atomic E-state index is 11.4. The summed E-state index contributed by atoms with van der Waals surface area (Å²) < 4.78 is 6.43.